The van der Waals surface area contributed by atoms with Gasteiger partial charge in [0, 0.05) is 10.0 Å². The van der Waals surface area contributed by atoms with Crippen molar-refractivity contribution in [3.63, 3.8) is 0 Å². The van der Waals surface area contributed by atoms with Crippen molar-refractivity contribution in [2.75, 3.05) is 0 Å². The third-order valence-electron chi connectivity index (χ3n) is 3.23. The standard InChI is InChI=1S/C17H12Cl2N2OS/c1-10-6-7-12(9-14(10)19)20-17-21-16(22)15(23-17)8-11-4-2-3-5-13(11)18/h2-9H,1H3,(H,20,21,22)/b15-8-. The second kappa shape index (κ2) is 6.79. The van der Waals surface area contributed by atoms with Crippen LogP contribution in [0.15, 0.2) is 52.4 Å². The summed E-state index contributed by atoms with van der Waals surface area (Å²) >= 11 is 13.5. The van der Waals surface area contributed by atoms with E-state index in [1.807, 2.05) is 37.3 Å². The molecule has 0 unspecified atom stereocenters. The zero-order chi connectivity index (χ0) is 16.4. The lowest BCUT2D eigenvalue weighted by atomic mass is 10.2. The molecule has 0 atom stereocenters. The van der Waals surface area contributed by atoms with Gasteiger partial charge in [-0.1, -0.05) is 47.5 Å². The van der Waals surface area contributed by atoms with Gasteiger partial charge in [0.25, 0.3) is 5.91 Å². The van der Waals surface area contributed by atoms with Crippen LogP contribution < -0.4 is 5.32 Å². The Morgan fingerprint density at radius 1 is 1.13 bits per heavy atom. The van der Waals surface area contributed by atoms with E-state index in [9.17, 15) is 4.79 Å². The van der Waals surface area contributed by atoms with Crippen molar-refractivity contribution in [1.82, 2.24) is 5.32 Å². The topological polar surface area (TPSA) is 41.5 Å². The van der Waals surface area contributed by atoms with Crippen molar-refractivity contribution in [2.24, 2.45) is 4.99 Å². The Kier molecular flexibility index (Phi) is 4.76. The Morgan fingerprint density at radius 2 is 1.91 bits per heavy atom. The summed E-state index contributed by atoms with van der Waals surface area (Å²) in [6.45, 7) is 1.93. The lowest BCUT2D eigenvalue weighted by Crippen LogP contribution is -2.19. The molecule has 2 aromatic carbocycles. The third kappa shape index (κ3) is 3.78. The van der Waals surface area contributed by atoms with Gasteiger partial charge in [0.05, 0.1) is 10.6 Å². The smallest absolute Gasteiger partial charge is 0.264 e. The van der Waals surface area contributed by atoms with E-state index in [-0.39, 0.29) is 5.91 Å². The number of nitrogens with one attached hydrogen (secondary N) is 1. The number of hydrogen-bond donors (Lipinski definition) is 1. The number of nitrogens with zero attached hydrogens (tertiary/aromatic N) is 1. The number of amides is 1. The van der Waals surface area contributed by atoms with Gasteiger partial charge in [-0.25, -0.2) is 4.99 Å². The van der Waals surface area contributed by atoms with Crippen molar-refractivity contribution in [3.8, 4) is 0 Å². The van der Waals surface area contributed by atoms with Crippen LogP contribution in [-0.2, 0) is 4.79 Å². The molecule has 1 heterocycles. The number of thioether (sulfide) groups is 1. The van der Waals surface area contributed by atoms with Gasteiger partial charge in [-0.2, -0.15) is 0 Å². The van der Waals surface area contributed by atoms with Crippen LogP contribution in [0.1, 0.15) is 11.1 Å². The first-order chi connectivity index (χ1) is 11.0. The first-order valence-electron chi connectivity index (χ1n) is 6.83. The maximum Gasteiger partial charge on any atom is 0.264 e. The predicted octanol–water partition coefficient (Wildman–Crippen LogP) is 5.19. The highest BCUT2D eigenvalue weighted by molar-refractivity contribution is 8.18. The monoisotopic (exact) mass is 362 g/mol. The number of aryl methyl sites for hydroxylation is 1. The van der Waals surface area contributed by atoms with E-state index in [1.54, 1.807) is 18.2 Å². The average Bonchev–Trinajstić information content (AvgIpc) is 2.85. The highest BCUT2D eigenvalue weighted by Crippen LogP contribution is 2.30. The van der Waals surface area contributed by atoms with Gasteiger partial charge in [-0.05, 0) is 54.1 Å². The first-order valence-corrected chi connectivity index (χ1v) is 8.40. The fourth-order valence-corrected chi connectivity index (χ4v) is 3.18. The molecule has 0 saturated carbocycles. The van der Waals surface area contributed by atoms with Crippen molar-refractivity contribution < 1.29 is 4.79 Å². The summed E-state index contributed by atoms with van der Waals surface area (Å²) in [5, 5.41) is 4.51. The predicted molar refractivity (Wildman–Crippen MR) is 98.4 cm³/mol. The molecule has 23 heavy (non-hydrogen) atoms. The molecular weight excluding hydrogens is 351 g/mol. The Morgan fingerprint density at radius 3 is 2.65 bits per heavy atom. The minimum Gasteiger partial charge on any atom is -0.300 e. The number of halogens is 2. The van der Waals surface area contributed by atoms with Crippen LogP contribution in [-0.4, -0.2) is 11.1 Å². The third-order valence-corrected chi connectivity index (χ3v) is 4.89. The van der Waals surface area contributed by atoms with E-state index < -0.39 is 0 Å². The highest BCUT2D eigenvalue weighted by atomic mass is 35.5. The zero-order valence-corrected chi connectivity index (χ0v) is 14.5. The molecule has 116 valence electrons. The lowest BCUT2D eigenvalue weighted by molar-refractivity contribution is -0.115. The molecule has 1 amide bonds. The normalized spacial score (nSPS) is 17.8. The largest absolute Gasteiger partial charge is 0.300 e. The summed E-state index contributed by atoms with van der Waals surface area (Å²) in [7, 11) is 0. The Hall–Kier alpha value is -1.75. The number of carbonyl (C=O) groups excluding carboxylic acids is 1. The van der Waals surface area contributed by atoms with Gasteiger partial charge in [-0.3, -0.25) is 4.79 Å². The van der Waals surface area contributed by atoms with Crippen LogP contribution >= 0.6 is 35.0 Å². The van der Waals surface area contributed by atoms with Crippen molar-refractivity contribution in [1.29, 1.82) is 0 Å². The first kappa shape index (κ1) is 16.1. The van der Waals surface area contributed by atoms with E-state index in [0.29, 0.717) is 25.8 Å². The number of hydrogen-bond acceptors (Lipinski definition) is 3. The Bertz CT molecular complexity index is 846. The molecule has 6 heteroatoms. The van der Waals surface area contributed by atoms with E-state index in [4.69, 9.17) is 23.2 Å². The van der Waals surface area contributed by atoms with Crippen LogP contribution in [0.5, 0.6) is 0 Å². The van der Waals surface area contributed by atoms with Gasteiger partial charge >= 0.3 is 0 Å². The van der Waals surface area contributed by atoms with E-state index in [2.05, 4.69) is 10.3 Å². The average molecular weight is 363 g/mol. The van der Waals surface area contributed by atoms with Crippen molar-refractivity contribution in [3.05, 3.63) is 68.5 Å². The number of carbonyl (C=O) groups is 1. The molecule has 1 aliphatic heterocycles. The van der Waals surface area contributed by atoms with Gasteiger partial charge in [0.15, 0.2) is 5.17 Å². The second-order valence-corrected chi connectivity index (χ2v) is 6.78. The quantitative estimate of drug-likeness (QED) is 0.746. The minimum atomic E-state index is -0.188. The molecule has 1 N–H and O–H groups in total. The lowest BCUT2D eigenvalue weighted by Gasteiger charge is -2.00. The summed E-state index contributed by atoms with van der Waals surface area (Å²) in [6.07, 6.45) is 1.76. The van der Waals surface area contributed by atoms with E-state index >= 15 is 0 Å². The Balaban J connectivity index is 1.86. The van der Waals surface area contributed by atoms with Gasteiger partial charge < -0.3 is 5.32 Å². The summed E-state index contributed by atoms with van der Waals surface area (Å²) < 4.78 is 0. The van der Waals surface area contributed by atoms with E-state index in [0.717, 1.165) is 11.1 Å². The molecule has 2 aromatic rings. The zero-order valence-electron chi connectivity index (χ0n) is 12.1. The molecule has 1 fully saturated rings. The fraction of sp³-hybridized carbons (Fsp3) is 0.0588. The molecule has 1 saturated heterocycles. The van der Waals surface area contributed by atoms with Crippen LogP contribution in [0.25, 0.3) is 6.08 Å². The number of rotatable bonds is 2. The maximum absolute atomic E-state index is 12.1. The molecule has 0 spiro atoms. The molecule has 0 aliphatic carbocycles. The molecule has 3 nitrogen and oxygen atoms in total. The molecule has 0 bridgehead atoms. The van der Waals surface area contributed by atoms with Crippen molar-refractivity contribution >= 4 is 57.8 Å². The number of amidine groups is 1. The SMILES string of the molecule is Cc1ccc(N=C2NC(=O)/C(=C/c3ccccc3Cl)S2)cc1Cl. The molecular formula is C17H12Cl2N2OS. The molecule has 0 aromatic heterocycles. The maximum atomic E-state index is 12.1. The van der Waals surface area contributed by atoms with E-state index in [1.165, 1.54) is 11.8 Å². The summed E-state index contributed by atoms with van der Waals surface area (Å²) in [5.41, 5.74) is 2.48. The minimum absolute atomic E-state index is 0.188. The van der Waals surface area contributed by atoms with Crippen molar-refractivity contribution in [2.45, 2.75) is 6.92 Å². The van der Waals surface area contributed by atoms with Crippen LogP contribution in [0, 0.1) is 6.92 Å². The van der Waals surface area contributed by atoms with Crippen LogP contribution in [0.3, 0.4) is 0 Å². The van der Waals surface area contributed by atoms with Gasteiger partial charge in [-0.15, -0.1) is 0 Å². The van der Waals surface area contributed by atoms with Gasteiger partial charge in [0.1, 0.15) is 0 Å². The summed E-state index contributed by atoms with van der Waals surface area (Å²) in [5.74, 6) is -0.188. The Labute approximate surface area is 148 Å². The highest BCUT2D eigenvalue weighted by Gasteiger charge is 2.24. The number of benzene rings is 2. The fourth-order valence-electron chi connectivity index (χ4n) is 1.98. The molecule has 1 aliphatic rings. The van der Waals surface area contributed by atoms with Crippen LogP contribution in [0.4, 0.5) is 5.69 Å². The summed E-state index contributed by atoms with van der Waals surface area (Å²) in [6, 6.07) is 12.9. The van der Waals surface area contributed by atoms with Gasteiger partial charge in [0.2, 0.25) is 0 Å². The molecule has 3 rings (SSSR count). The van der Waals surface area contributed by atoms with Crippen LogP contribution in [0.2, 0.25) is 10.0 Å². The number of aliphatic imine (C=N–C) groups is 1. The second-order valence-electron chi connectivity index (χ2n) is 4.94. The molecule has 0 radical (unpaired) electrons. The summed E-state index contributed by atoms with van der Waals surface area (Å²) in [4.78, 5) is 17.0.